The summed E-state index contributed by atoms with van der Waals surface area (Å²) in [5.41, 5.74) is 1.61. The molecule has 2 aliphatic carbocycles. The van der Waals surface area contributed by atoms with Crippen LogP contribution in [0.15, 0.2) is 30.7 Å². The van der Waals surface area contributed by atoms with Gasteiger partial charge in [-0.1, -0.05) is 18.9 Å². The lowest BCUT2D eigenvalue weighted by Crippen LogP contribution is -2.48. The van der Waals surface area contributed by atoms with E-state index in [4.69, 9.17) is 4.74 Å². The monoisotopic (exact) mass is 403 g/mol. The first-order valence-corrected chi connectivity index (χ1v) is 10.2. The molecule has 1 atom stereocenters. The summed E-state index contributed by atoms with van der Waals surface area (Å²) in [4.78, 5) is 17.4. The second-order valence-electron chi connectivity index (χ2n) is 8.53. The van der Waals surface area contributed by atoms with Crippen LogP contribution in [0.1, 0.15) is 66.6 Å². The van der Waals surface area contributed by atoms with Gasteiger partial charge in [0.1, 0.15) is 18.0 Å². The zero-order valence-corrected chi connectivity index (χ0v) is 16.8. The Morgan fingerprint density at radius 3 is 2.69 bits per heavy atom. The molecule has 0 saturated heterocycles. The minimum atomic E-state index is -2.55. The minimum Gasteiger partial charge on any atom is -0.487 e. The normalized spacial score (nSPS) is 18.5. The van der Waals surface area contributed by atoms with Gasteiger partial charge in [0.2, 0.25) is 0 Å². The minimum absolute atomic E-state index is 0.247. The van der Waals surface area contributed by atoms with E-state index in [9.17, 15) is 13.6 Å². The van der Waals surface area contributed by atoms with Crippen LogP contribution in [0.25, 0.3) is 0 Å². The Balaban J connectivity index is 1.56. The van der Waals surface area contributed by atoms with E-state index in [0.717, 1.165) is 30.5 Å². The van der Waals surface area contributed by atoms with Gasteiger partial charge in [0, 0.05) is 11.8 Å². The van der Waals surface area contributed by atoms with Crippen molar-refractivity contribution in [2.75, 3.05) is 6.61 Å². The summed E-state index contributed by atoms with van der Waals surface area (Å²) in [6, 6.07) is 5.20. The zero-order chi connectivity index (χ0) is 20.6. The molecule has 2 aliphatic rings. The number of aryl methyl sites for hydroxylation is 1. The quantitative estimate of drug-likeness (QED) is 0.665. The van der Waals surface area contributed by atoms with Crippen LogP contribution in [0.4, 0.5) is 8.78 Å². The van der Waals surface area contributed by atoms with E-state index < -0.39 is 18.7 Å². The SMILES string of the molecule is Cc1cn([C@](C)(CC2CC2)NC(=O)c2ccc(C3CC3)c(OCC(F)F)c2)cn1. The third-order valence-electron chi connectivity index (χ3n) is 5.71. The number of hydrogen-bond donors (Lipinski definition) is 1. The van der Waals surface area contributed by atoms with E-state index in [1.54, 1.807) is 18.5 Å². The molecular weight excluding hydrogens is 376 g/mol. The smallest absolute Gasteiger partial charge is 0.272 e. The summed E-state index contributed by atoms with van der Waals surface area (Å²) in [5, 5.41) is 3.15. The topological polar surface area (TPSA) is 56.2 Å². The molecule has 0 radical (unpaired) electrons. The molecule has 1 aromatic heterocycles. The number of ether oxygens (including phenoxy) is 1. The first kappa shape index (κ1) is 19.9. The first-order chi connectivity index (χ1) is 13.8. The number of aromatic nitrogens is 2. The third kappa shape index (κ3) is 4.77. The van der Waals surface area contributed by atoms with Crippen molar-refractivity contribution in [1.82, 2.24) is 14.9 Å². The maximum absolute atomic E-state index is 13.1. The van der Waals surface area contributed by atoms with Gasteiger partial charge < -0.3 is 14.6 Å². The molecule has 1 heterocycles. The Bertz CT molecular complexity index is 890. The van der Waals surface area contributed by atoms with Crippen molar-refractivity contribution in [2.45, 2.75) is 64.0 Å². The van der Waals surface area contributed by atoms with E-state index in [0.29, 0.717) is 23.1 Å². The van der Waals surface area contributed by atoms with Crippen LogP contribution in [0, 0.1) is 12.8 Å². The first-order valence-electron chi connectivity index (χ1n) is 10.2. The molecule has 0 aliphatic heterocycles. The van der Waals surface area contributed by atoms with Crippen LogP contribution in [0.2, 0.25) is 0 Å². The van der Waals surface area contributed by atoms with Gasteiger partial charge >= 0.3 is 0 Å². The Labute approximate surface area is 169 Å². The fraction of sp³-hybridized carbons (Fsp3) is 0.545. The van der Waals surface area contributed by atoms with Crippen LogP contribution in [0.5, 0.6) is 5.75 Å². The van der Waals surface area contributed by atoms with E-state index in [-0.39, 0.29) is 5.91 Å². The van der Waals surface area contributed by atoms with E-state index in [2.05, 4.69) is 10.3 Å². The lowest BCUT2D eigenvalue weighted by Gasteiger charge is -2.32. The van der Waals surface area contributed by atoms with Gasteiger partial charge in [0.25, 0.3) is 12.3 Å². The highest BCUT2D eigenvalue weighted by molar-refractivity contribution is 5.95. The Morgan fingerprint density at radius 1 is 1.34 bits per heavy atom. The van der Waals surface area contributed by atoms with Crippen LogP contribution < -0.4 is 10.1 Å². The van der Waals surface area contributed by atoms with Gasteiger partial charge in [-0.2, -0.15) is 0 Å². The highest BCUT2D eigenvalue weighted by Gasteiger charge is 2.36. The van der Waals surface area contributed by atoms with Crippen molar-refractivity contribution in [3.8, 4) is 5.75 Å². The number of imidazole rings is 1. The Hall–Kier alpha value is -2.44. The molecule has 156 valence electrons. The molecule has 4 rings (SSSR count). The number of nitrogens with one attached hydrogen (secondary N) is 1. The van der Waals surface area contributed by atoms with Gasteiger partial charge in [-0.15, -0.1) is 0 Å². The lowest BCUT2D eigenvalue weighted by atomic mass is 10.0. The molecule has 1 N–H and O–H groups in total. The van der Waals surface area contributed by atoms with Gasteiger partial charge in [0.15, 0.2) is 0 Å². The second kappa shape index (κ2) is 7.76. The highest BCUT2D eigenvalue weighted by Crippen LogP contribution is 2.45. The fourth-order valence-electron chi connectivity index (χ4n) is 3.80. The number of hydrogen-bond acceptors (Lipinski definition) is 3. The van der Waals surface area contributed by atoms with Crippen molar-refractivity contribution < 1.29 is 18.3 Å². The largest absolute Gasteiger partial charge is 0.487 e. The molecule has 0 unspecified atom stereocenters. The predicted octanol–water partition coefficient (Wildman–Crippen LogP) is 4.62. The van der Waals surface area contributed by atoms with E-state index in [1.165, 1.54) is 12.8 Å². The van der Waals surface area contributed by atoms with E-state index >= 15 is 0 Å². The van der Waals surface area contributed by atoms with Crippen molar-refractivity contribution in [3.05, 3.63) is 47.5 Å². The molecule has 2 saturated carbocycles. The predicted molar refractivity (Wildman–Crippen MR) is 105 cm³/mol. The van der Waals surface area contributed by atoms with E-state index in [1.807, 2.05) is 30.7 Å². The molecule has 2 fully saturated rings. The van der Waals surface area contributed by atoms with Crippen LogP contribution in [-0.2, 0) is 5.66 Å². The second-order valence-corrected chi connectivity index (χ2v) is 8.53. The van der Waals surface area contributed by atoms with Gasteiger partial charge in [-0.05, 0) is 62.6 Å². The molecule has 7 heteroatoms. The van der Waals surface area contributed by atoms with Crippen LogP contribution >= 0.6 is 0 Å². The third-order valence-corrected chi connectivity index (χ3v) is 5.71. The number of halogens is 2. The lowest BCUT2D eigenvalue weighted by molar-refractivity contribution is 0.0809. The zero-order valence-electron chi connectivity index (χ0n) is 16.8. The molecule has 1 aromatic carbocycles. The number of carbonyl (C=O) groups excluding carboxylic acids is 1. The maximum atomic E-state index is 13.1. The summed E-state index contributed by atoms with van der Waals surface area (Å²) in [6.07, 6.45) is 6.32. The number of alkyl halides is 2. The Kier molecular flexibility index (Phi) is 5.32. The van der Waals surface area contributed by atoms with Crippen molar-refractivity contribution in [1.29, 1.82) is 0 Å². The van der Waals surface area contributed by atoms with Gasteiger partial charge in [-0.25, -0.2) is 13.8 Å². The van der Waals surface area contributed by atoms with Crippen LogP contribution in [0.3, 0.4) is 0 Å². The number of benzene rings is 1. The number of carbonyl (C=O) groups is 1. The summed E-state index contributed by atoms with van der Waals surface area (Å²) >= 11 is 0. The molecule has 2 aromatic rings. The summed E-state index contributed by atoms with van der Waals surface area (Å²) in [5.74, 6) is 1.07. The van der Waals surface area contributed by atoms with Crippen LogP contribution in [-0.4, -0.2) is 28.5 Å². The Morgan fingerprint density at radius 2 is 2.10 bits per heavy atom. The number of nitrogens with zero attached hydrogens (tertiary/aromatic N) is 2. The van der Waals surface area contributed by atoms with Gasteiger partial charge in [0.05, 0.1) is 12.0 Å². The van der Waals surface area contributed by atoms with Crippen molar-refractivity contribution >= 4 is 5.91 Å². The molecule has 1 amide bonds. The molecular formula is C22H27F2N3O2. The molecule has 5 nitrogen and oxygen atoms in total. The summed E-state index contributed by atoms with van der Waals surface area (Å²) in [7, 11) is 0. The summed E-state index contributed by atoms with van der Waals surface area (Å²) < 4.78 is 32.6. The summed E-state index contributed by atoms with van der Waals surface area (Å²) in [6.45, 7) is 3.24. The molecule has 0 bridgehead atoms. The number of amides is 1. The standard InChI is InChI=1S/C22H27F2N3O2/c1-14-11-27(13-25-14)22(2,10-15-3-4-15)26-21(28)17-7-8-18(16-5-6-16)19(9-17)29-12-20(23)24/h7-9,11,13,15-16,20H,3-6,10,12H2,1-2H3,(H,26,28)/t22-/m1/s1. The maximum Gasteiger partial charge on any atom is 0.272 e. The average Bonchev–Trinajstić information content (AvgIpc) is 3.60. The van der Waals surface area contributed by atoms with Gasteiger partial charge in [-0.3, -0.25) is 4.79 Å². The van der Waals surface area contributed by atoms with Crippen molar-refractivity contribution in [3.63, 3.8) is 0 Å². The average molecular weight is 403 g/mol. The fourth-order valence-corrected chi connectivity index (χ4v) is 3.80. The molecule has 29 heavy (non-hydrogen) atoms. The molecule has 0 spiro atoms. The number of rotatable bonds is 9. The van der Waals surface area contributed by atoms with Crippen molar-refractivity contribution in [2.24, 2.45) is 5.92 Å². The highest BCUT2D eigenvalue weighted by atomic mass is 19.3.